The van der Waals surface area contributed by atoms with Crippen molar-refractivity contribution in [1.29, 1.82) is 0 Å². The molecule has 0 bridgehead atoms. The lowest BCUT2D eigenvalue weighted by Crippen LogP contribution is -2.41. The predicted octanol–water partition coefficient (Wildman–Crippen LogP) is 7.18. The largest absolute Gasteiger partial charge is 0.457 e. The van der Waals surface area contributed by atoms with E-state index in [2.05, 4.69) is 0 Å². The van der Waals surface area contributed by atoms with E-state index in [4.69, 9.17) is 4.74 Å². The van der Waals surface area contributed by atoms with E-state index in [-0.39, 0.29) is 11.4 Å². The van der Waals surface area contributed by atoms with E-state index in [1.165, 1.54) is 18.2 Å². The molecule has 1 atom stereocenters. The van der Waals surface area contributed by atoms with Crippen LogP contribution in [0.3, 0.4) is 0 Å². The monoisotopic (exact) mass is 501 g/mol. The molecule has 0 aromatic heterocycles. The molecule has 0 radical (unpaired) electrons. The average molecular weight is 501 g/mol. The molecule has 0 aliphatic rings. The van der Waals surface area contributed by atoms with Gasteiger partial charge in [-0.1, -0.05) is 12.1 Å². The normalized spacial score (nSPS) is 13.0. The fraction of sp³-hybridized carbons (Fsp3) is 0.280. The highest BCUT2D eigenvalue weighted by atomic mass is 19.4. The quantitative estimate of drug-likeness (QED) is 0.348. The summed E-state index contributed by atoms with van der Waals surface area (Å²) in [5.41, 5.74) is 0.316. The maximum absolute atomic E-state index is 14.3. The Morgan fingerprint density at radius 1 is 0.857 bits per heavy atom. The standard InChI is InChI=1S/C25H22F7NO2/c1-15-8-16(2)10-21(9-15)35-20-5-3-4-19(12-20)33(14-23(34)25(30,31)32)13-17-11-18(24(27,28)29)6-7-22(17)26/h3-12,23,34H,13-14H2,1-2H3/t23-/m1/s1. The summed E-state index contributed by atoms with van der Waals surface area (Å²) in [6.07, 6.45) is -12.6. The Labute approximate surface area is 197 Å². The number of aliphatic hydroxyl groups excluding tert-OH is 1. The first-order valence-corrected chi connectivity index (χ1v) is 10.4. The molecule has 0 unspecified atom stereocenters. The van der Waals surface area contributed by atoms with Crippen molar-refractivity contribution in [3.8, 4) is 11.5 Å². The highest BCUT2D eigenvalue weighted by molar-refractivity contribution is 5.52. The third kappa shape index (κ3) is 7.11. The molecule has 3 nitrogen and oxygen atoms in total. The average Bonchev–Trinajstić information content (AvgIpc) is 2.72. The Hall–Kier alpha value is -3.27. The van der Waals surface area contributed by atoms with E-state index in [9.17, 15) is 35.8 Å². The van der Waals surface area contributed by atoms with Crippen LogP contribution in [-0.4, -0.2) is 23.9 Å². The van der Waals surface area contributed by atoms with E-state index in [1.807, 2.05) is 19.9 Å². The summed E-state index contributed by atoms with van der Waals surface area (Å²) in [6, 6.07) is 12.9. The molecule has 3 rings (SSSR count). The van der Waals surface area contributed by atoms with Crippen LogP contribution in [0.15, 0.2) is 60.7 Å². The van der Waals surface area contributed by atoms with Gasteiger partial charge in [0, 0.05) is 23.9 Å². The molecule has 0 aliphatic carbocycles. The van der Waals surface area contributed by atoms with Crippen LogP contribution in [0.25, 0.3) is 0 Å². The molecule has 0 aliphatic heterocycles. The van der Waals surface area contributed by atoms with Gasteiger partial charge in [-0.15, -0.1) is 0 Å². The lowest BCUT2D eigenvalue weighted by Gasteiger charge is -2.29. The van der Waals surface area contributed by atoms with Crippen molar-refractivity contribution in [2.75, 3.05) is 11.4 Å². The molecule has 188 valence electrons. The molecule has 1 N–H and O–H groups in total. The molecule has 3 aromatic rings. The van der Waals surface area contributed by atoms with Gasteiger partial charge in [0.15, 0.2) is 6.10 Å². The zero-order valence-corrected chi connectivity index (χ0v) is 18.7. The van der Waals surface area contributed by atoms with Gasteiger partial charge in [-0.05, 0) is 67.4 Å². The molecular formula is C25H22F7NO2. The lowest BCUT2D eigenvalue weighted by molar-refractivity contribution is -0.200. The van der Waals surface area contributed by atoms with Crippen LogP contribution in [0.1, 0.15) is 22.3 Å². The van der Waals surface area contributed by atoms with E-state index >= 15 is 0 Å². The van der Waals surface area contributed by atoms with Crippen LogP contribution >= 0.6 is 0 Å². The highest BCUT2D eigenvalue weighted by Crippen LogP contribution is 2.33. The lowest BCUT2D eigenvalue weighted by atomic mass is 10.1. The van der Waals surface area contributed by atoms with Crippen LogP contribution in [0.5, 0.6) is 11.5 Å². The highest BCUT2D eigenvalue weighted by Gasteiger charge is 2.39. The number of hydrogen-bond acceptors (Lipinski definition) is 3. The molecular weight excluding hydrogens is 479 g/mol. The number of alkyl halides is 6. The van der Waals surface area contributed by atoms with Crippen molar-refractivity contribution in [3.63, 3.8) is 0 Å². The number of ether oxygens (including phenoxy) is 1. The summed E-state index contributed by atoms with van der Waals surface area (Å²) >= 11 is 0. The van der Waals surface area contributed by atoms with Crippen molar-refractivity contribution in [3.05, 3.63) is 88.7 Å². The van der Waals surface area contributed by atoms with Gasteiger partial charge >= 0.3 is 12.4 Å². The van der Waals surface area contributed by atoms with E-state index in [0.29, 0.717) is 23.9 Å². The summed E-state index contributed by atoms with van der Waals surface area (Å²) in [5, 5.41) is 9.64. The Morgan fingerprint density at radius 3 is 2.11 bits per heavy atom. The molecule has 0 amide bonds. The third-order valence-electron chi connectivity index (χ3n) is 5.12. The number of aryl methyl sites for hydroxylation is 2. The zero-order valence-electron chi connectivity index (χ0n) is 18.7. The number of halogens is 7. The number of hydrogen-bond donors (Lipinski definition) is 1. The first kappa shape index (κ1) is 26.3. The van der Waals surface area contributed by atoms with Crippen molar-refractivity contribution < 1.29 is 40.6 Å². The zero-order chi connectivity index (χ0) is 26.0. The SMILES string of the molecule is Cc1cc(C)cc(Oc2cccc(N(Cc3cc(C(F)(F)F)ccc3F)C[C@@H](O)C(F)(F)F)c2)c1. The van der Waals surface area contributed by atoms with Gasteiger partial charge in [-0.3, -0.25) is 0 Å². The number of nitrogens with zero attached hydrogens (tertiary/aromatic N) is 1. The maximum atomic E-state index is 14.3. The second kappa shape index (κ2) is 10.2. The predicted molar refractivity (Wildman–Crippen MR) is 117 cm³/mol. The Morgan fingerprint density at radius 2 is 1.51 bits per heavy atom. The minimum Gasteiger partial charge on any atom is -0.457 e. The van der Waals surface area contributed by atoms with Crippen LogP contribution in [0, 0.1) is 19.7 Å². The number of aliphatic hydroxyl groups is 1. The van der Waals surface area contributed by atoms with Crippen LogP contribution in [-0.2, 0) is 12.7 Å². The van der Waals surface area contributed by atoms with E-state index < -0.39 is 48.5 Å². The summed E-state index contributed by atoms with van der Waals surface area (Å²) in [7, 11) is 0. The fourth-order valence-electron chi connectivity index (χ4n) is 3.52. The smallest absolute Gasteiger partial charge is 0.416 e. The van der Waals surface area contributed by atoms with Gasteiger partial charge in [-0.2, -0.15) is 26.3 Å². The third-order valence-corrected chi connectivity index (χ3v) is 5.12. The van der Waals surface area contributed by atoms with Gasteiger partial charge in [0.1, 0.15) is 17.3 Å². The summed E-state index contributed by atoms with van der Waals surface area (Å²) in [6.45, 7) is 2.03. The van der Waals surface area contributed by atoms with Crippen molar-refractivity contribution >= 4 is 5.69 Å². The van der Waals surface area contributed by atoms with Gasteiger partial charge in [0.2, 0.25) is 0 Å². The van der Waals surface area contributed by atoms with Crippen molar-refractivity contribution in [2.45, 2.75) is 38.8 Å². The van der Waals surface area contributed by atoms with Gasteiger partial charge in [-0.25, -0.2) is 4.39 Å². The van der Waals surface area contributed by atoms with Crippen LogP contribution in [0.4, 0.5) is 36.4 Å². The minimum absolute atomic E-state index is 0.0898. The summed E-state index contributed by atoms with van der Waals surface area (Å²) in [5.74, 6) is -0.305. The number of anilines is 1. The first-order chi connectivity index (χ1) is 16.2. The Balaban J connectivity index is 1.97. The first-order valence-electron chi connectivity index (χ1n) is 10.4. The van der Waals surface area contributed by atoms with Gasteiger partial charge in [0.05, 0.1) is 12.1 Å². The maximum Gasteiger partial charge on any atom is 0.416 e. The van der Waals surface area contributed by atoms with Gasteiger partial charge in [0.25, 0.3) is 0 Å². The molecule has 0 heterocycles. The minimum atomic E-state index is -4.99. The number of rotatable bonds is 7. The van der Waals surface area contributed by atoms with Crippen LogP contribution < -0.4 is 9.64 Å². The van der Waals surface area contributed by atoms with E-state index in [0.717, 1.165) is 16.0 Å². The fourth-order valence-corrected chi connectivity index (χ4v) is 3.52. The summed E-state index contributed by atoms with van der Waals surface area (Å²) < 4.78 is 98.7. The van der Waals surface area contributed by atoms with Gasteiger partial charge < -0.3 is 14.7 Å². The molecule has 0 fully saturated rings. The number of benzene rings is 3. The van der Waals surface area contributed by atoms with Crippen LogP contribution in [0.2, 0.25) is 0 Å². The second-order valence-corrected chi connectivity index (χ2v) is 8.16. The Kier molecular flexibility index (Phi) is 7.64. The molecule has 0 saturated heterocycles. The summed E-state index contributed by atoms with van der Waals surface area (Å²) in [4.78, 5) is 0.949. The molecule has 10 heteroatoms. The van der Waals surface area contributed by atoms with E-state index in [1.54, 1.807) is 18.2 Å². The Bertz CT molecular complexity index is 1150. The molecule has 35 heavy (non-hydrogen) atoms. The molecule has 0 spiro atoms. The topological polar surface area (TPSA) is 32.7 Å². The van der Waals surface area contributed by atoms with Crippen molar-refractivity contribution in [1.82, 2.24) is 0 Å². The molecule has 0 saturated carbocycles. The molecule has 3 aromatic carbocycles. The second-order valence-electron chi connectivity index (χ2n) is 8.16. The van der Waals surface area contributed by atoms with Crippen molar-refractivity contribution in [2.24, 2.45) is 0 Å².